The molecule has 0 radical (unpaired) electrons. The average molecular weight is 363 g/mol. The van der Waals surface area contributed by atoms with E-state index >= 15 is 0 Å². The number of rotatable bonds is 4. The van der Waals surface area contributed by atoms with Crippen LogP contribution in [0.15, 0.2) is 45.7 Å². The molecule has 2 heterocycles. The summed E-state index contributed by atoms with van der Waals surface area (Å²) in [6.07, 6.45) is 1.46. The largest absolute Gasteiger partial charge is 0.480 e. The fraction of sp³-hybridized carbons (Fsp3) is 0.0625. The zero-order valence-corrected chi connectivity index (χ0v) is 13.7. The molecule has 122 valence electrons. The number of halogens is 1. The van der Waals surface area contributed by atoms with Crippen LogP contribution in [0.1, 0.15) is 5.76 Å². The average Bonchev–Trinajstić information content (AvgIpc) is 3.08. The van der Waals surface area contributed by atoms with Crippen molar-refractivity contribution in [3.05, 3.63) is 52.9 Å². The fourth-order valence-corrected chi connectivity index (χ4v) is 3.37. The fourth-order valence-electron chi connectivity index (χ4n) is 2.14. The van der Waals surface area contributed by atoms with E-state index in [0.717, 1.165) is 16.7 Å². The predicted octanol–water partition coefficient (Wildman–Crippen LogP) is 3.37. The van der Waals surface area contributed by atoms with E-state index in [0.29, 0.717) is 17.1 Å². The molecule has 5 nitrogen and oxygen atoms in total. The third-order valence-electron chi connectivity index (χ3n) is 3.21. The SMILES string of the molecule is O=C(O)CN1C(=O)/C(=C\c2ccc(-c3ccccc3F)o2)SC1=S. The monoisotopic (exact) mass is 363 g/mol. The van der Waals surface area contributed by atoms with Gasteiger partial charge in [0.1, 0.15) is 28.2 Å². The quantitative estimate of drug-likeness (QED) is 0.663. The Labute approximate surface area is 145 Å². The summed E-state index contributed by atoms with van der Waals surface area (Å²) in [6, 6.07) is 9.39. The molecule has 0 bridgehead atoms. The molecule has 0 unspecified atom stereocenters. The maximum Gasteiger partial charge on any atom is 0.323 e. The smallest absolute Gasteiger partial charge is 0.323 e. The molecule has 24 heavy (non-hydrogen) atoms. The van der Waals surface area contributed by atoms with E-state index in [1.165, 1.54) is 12.1 Å². The molecule has 1 saturated heterocycles. The summed E-state index contributed by atoms with van der Waals surface area (Å²) in [4.78, 5) is 24.2. The molecular formula is C16H10FNO4S2. The number of furan rings is 1. The Balaban J connectivity index is 1.85. The molecule has 1 N–H and O–H groups in total. The number of carboxylic acids is 1. The Bertz CT molecular complexity index is 874. The lowest BCUT2D eigenvalue weighted by molar-refractivity contribution is -0.140. The second-order valence-corrected chi connectivity index (χ2v) is 6.52. The summed E-state index contributed by atoms with van der Waals surface area (Å²) in [7, 11) is 0. The molecule has 8 heteroatoms. The van der Waals surface area contributed by atoms with Crippen LogP contribution < -0.4 is 0 Å². The third-order valence-corrected chi connectivity index (χ3v) is 4.58. The van der Waals surface area contributed by atoms with Crippen LogP contribution in [0, 0.1) is 5.82 Å². The van der Waals surface area contributed by atoms with E-state index in [-0.39, 0.29) is 9.23 Å². The molecule has 1 aromatic carbocycles. The molecule has 0 atom stereocenters. The van der Waals surface area contributed by atoms with E-state index in [9.17, 15) is 14.0 Å². The molecule has 1 aliphatic rings. The Morgan fingerprint density at radius 3 is 2.79 bits per heavy atom. The number of amides is 1. The number of aliphatic carboxylic acids is 1. The highest BCUT2D eigenvalue weighted by molar-refractivity contribution is 8.26. The summed E-state index contributed by atoms with van der Waals surface area (Å²) < 4.78 is 19.5. The van der Waals surface area contributed by atoms with Gasteiger partial charge in [-0.3, -0.25) is 14.5 Å². The highest BCUT2D eigenvalue weighted by atomic mass is 32.2. The van der Waals surface area contributed by atoms with Crippen LogP contribution >= 0.6 is 24.0 Å². The van der Waals surface area contributed by atoms with Crippen LogP contribution in [0.2, 0.25) is 0 Å². The first-order valence-electron chi connectivity index (χ1n) is 6.77. The number of thiocarbonyl (C=S) groups is 1. The van der Waals surface area contributed by atoms with Gasteiger partial charge in [0.2, 0.25) is 0 Å². The Morgan fingerprint density at radius 1 is 1.33 bits per heavy atom. The Kier molecular flexibility index (Phi) is 4.50. The van der Waals surface area contributed by atoms with Crippen molar-refractivity contribution in [2.24, 2.45) is 0 Å². The number of carboxylic acid groups (broad SMARTS) is 1. The van der Waals surface area contributed by atoms with Gasteiger partial charge in [-0.05, 0) is 24.3 Å². The van der Waals surface area contributed by atoms with Crippen molar-refractivity contribution in [3.8, 4) is 11.3 Å². The first-order chi connectivity index (χ1) is 11.5. The van der Waals surface area contributed by atoms with Gasteiger partial charge >= 0.3 is 5.97 Å². The van der Waals surface area contributed by atoms with Gasteiger partial charge in [-0.2, -0.15) is 0 Å². The maximum atomic E-state index is 13.8. The Morgan fingerprint density at radius 2 is 2.08 bits per heavy atom. The van der Waals surface area contributed by atoms with E-state index in [2.05, 4.69) is 0 Å². The van der Waals surface area contributed by atoms with Crippen molar-refractivity contribution in [3.63, 3.8) is 0 Å². The molecular weight excluding hydrogens is 353 g/mol. The van der Waals surface area contributed by atoms with Gasteiger partial charge in [-0.15, -0.1) is 0 Å². The summed E-state index contributed by atoms with van der Waals surface area (Å²) >= 11 is 6.01. The van der Waals surface area contributed by atoms with Crippen molar-refractivity contribution < 1.29 is 23.5 Å². The lowest BCUT2D eigenvalue weighted by Gasteiger charge is -2.09. The van der Waals surface area contributed by atoms with Crippen molar-refractivity contribution in [2.45, 2.75) is 0 Å². The number of nitrogens with zero attached hydrogens (tertiary/aromatic N) is 1. The van der Waals surface area contributed by atoms with Gasteiger partial charge in [0.05, 0.1) is 10.5 Å². The molecule has 1 aromatic heterocycles. The van der Waals surface area contributed by atoms with Crippen LogP contribution in [-0.2, 0) is 9.59 Å². The van der Waals surface area contributed by atoms with Crippen molar-refractivity contribution in [1.29, 1.82) is 0 Å². The van der Waals surface area contributed by atoms with E-state index < -0.39 is 24.2 Å². The zero-order valence-electron chi connectivity index (χ0n) is 12.1. The van der Waals surface area contributed by atoms with Gasteiger partial charge in [0, 0.05) is 6.08 Å². The summed E-state index contributed by atoms with van der Waals surface area (Å²) in [5.74, 6) is -1.36. The summed E-state index contributed by atoms with van der Waals surface area (Å²) in [5, 5.41) is 8.80. The minimum absolute atomic E-state index is 0.175. The van der Waals surface area contributed by atoms with E-state index in [1.54, 1.807) is 30.3 Å². The van der Waals surface area contributed by atoms with Crippen LogP contribution in [0.3, 0.4) is 0 Å². The highest BCUT2D eigenvalue weighted by Crippen LogP contribution is 2.33. The molecule has 3 rings (SSSR count). The molecule has 1 amide bonds. The lowest BCUT2D eigenvalue weighted by Crippen LogP contribution is -2.33. The van der Waals surface area contributed by atoms with E-state index in [1.807, 2.05) is 0 Å². The normalized spacial score (nSPS) is 16.2. The predicted molar refractivity (Wildman–Crippen MR) is 91.6 cm³/mol. The molecule has 0 spiro atoms. The Hall–Kier alpha value is -2.45. The topological polar surface area (TPSA) is 70.8 Å². The number of thioether (sulfide) groups is 1. The van der Waals surface area contributed by atoms with Crippen molar-refractivity contribution in [2.75, 3.05) is 6.54 Å². The number of hydrogen-bond donors (Lipinski definition) is 1. The first-order valence-corrected chi connectivity index (χ1v) is 8.00. The van der Waals surface area contributed by atoms with Crippen LogP contribution in [-0.4, -0.2) is 32.7 Å². The molecule has 1 aliphatic heterocycles. The minimum Gasteiger partial charge on any atom is -0.480 e. The minimum atomic E-state index is -1.15. The molecule has 2 aromatic rings. The van der Waals surface area contributed by atoms with E-state index in [4.69, 9.17) is 21.7 Å². The second kappa shape index (κ2) is 6.58. The number of carbonyl (C=O) groups excluding carboxylic acids is 1. The van der Waals surface area contributed by atoms with Gasteiger partial charge in [0.25, 0.3) is 5.91 Å². The number of hydrogen-bond acceptors (Lipinski definition) is 5. The van der Waals surface area contributed by atoms with Gasteiger partial charge in [-0.1, -0.05) is 36.1 Å². The standard InChI is InChI=1S/C16H10FNO4S2/c17-11-4-2-1-3-10(11)12-6-5-9(22-12)7-13-15(21)18(8-14(19)20)16(23)24-13/h1-7H,8H2,(H,19,20)/b13-7+. The summed E-state index contributed by atoms with van der Waals surface area (Å²) in [5.41, 5.74) is 0.315. The molecule has 0 saturated carbocycles. The molecule has 1 fully saturated rings. The van der Waals surface area contributed by atoms with Gasteiger partial charge in [0.15, 0.2) is 0 Å². The second-order valence-electron chi connectivity index (χ2n) is 4.84. The third kappa shape index (κ3) is 3.24. The van der Waals surface area contributed by atoms with Crippen LogP contribution in [0.4, 0.5) is 4.39 Å². The zero-order chi connectivity index (χ0) is 17.3. The van der Waals surface area contributed by atoms with Gasteiger partial charge in [-0.25, -0.2) is 4.39 Å². The lowest BCUT2D eigenvalue weighted by atomic mass is 10.1. The van der Waals surface area contributed by atoms with Gasteiger partial charge < -0.3 is 9.52 Å². The summed E-state index contributed by atoms with van der Waals surface area (Å²) in [6.45, 7) is -0.485. The molecule has 0 aliphatic carbocycles. The number of benzene rings is 1. The van der Waals surface area contributed by atoms with Crippen LogP contribution in [0.25, 0.3) is 17.4 Å². The van der Waals surface area contributed by atoms with Crippen LogP contribution in [0.5, 0.6) is 0 Å². The highest BCUT2D eigenvalue weighted by Gasteiger charge is 2.33. The number of carbonyl (C=O) groups is 2. The van der Waals surface area contributed by atoms with Crippen molar-refractivity contribution >= 4 is 46.3 Å². The maximum absolute atomic E-state index is 13.8. The first kappa shape index (κ1) is 16.4. The van der Waals surface area contributed by atoms with Crippen molar-refractivity contribution in [1.82, 2.24) is 4.90 Å².